The number of ether oxygens (including phenoxy) is 6. The molecule has 0 spiro atoms. The Morgan fingerprint density at radius 1 is 0.568 bits per heavy atom. The number of hydrogen-bond donors (Lipinski definition) is 0. The van der Waals surface area contributed by atoms with Gasteiger partial charge in [-0.1, -0.05) is 40.2 Å². The van der Waals surface area contributed by atoms with Gasteiger partial charge in [-0.2, -0.15) is 0 Å². The highest BCUT2D eigenvalue weighted by atomic mass is 16.5. The van der Waals surface area contributed by atoms with Gasteiger partial charge in [0, 0.05) is 29.7 Å². The highest BCUT2D eigenvalue weighted by molar-refractivity contribution is 5.82. The van der Waals surface area contributed by atoms with Gasteiger partial charge in [-0.05, 0) is 65.1 Å². The molecule has 0 aliphatic carbocycles. The first-order chi connectivity index (χ1) is 21.0. The van der Waals surface area contributed by atoms with Crippen molar-refractivity contribution in [3.63, 3.8) is 0 Å². The molecule has 0 fully saturated rings. The lowest BCUT2D eigenvalue weighted by Gasteiger charge is -2.25. The average Bonchev–Trinajstić information content (AvgIpc) is 3.02. The van der Waals surface area contributed by atoms with E-state index in [1.165, 1.54) is 0 Å². The summed E-state index contributed by atoms with van der Waals surface area (Å²) in [5.74, 6) is -1.23. The van der Waals surface area contributed by atoms with Crippen LogP contribution in [0.2, 0.25) is 0 Å². The van der Waals surface area contributed by atoms with E-state index in [2.05, 4.69) is 26.3 Å². The van der Waals surface area contributed by atoms with E-state index in [0.29, 0.717) is 53.4 Å². The first-order valence-electron chi connectivity index (χ1n) is 13.6. The number of rotatable bonds is 19. The van der Waals surface area contributed by atoms with Crippen LogP contribution >= 0.6 is 0 Å². The Kier molecular flexibility index (Phi) is 14.1. The maximum absolute atomic E-state index is 11.5. The second-order valence-electron chi connectivity index (χ2n) is 10.3. The summed E-state index contributed by atoms with van der Waals surface area (Å²) in [6, 6.07) is 10.5. The fourth-order valence-corrected chi connectivity index (χ4v) is 3.61. The van der Waals surface area contributed by atoms with Crippen molar-refractivity contribution in [1.82, 2.24) is 0 Å². The van der Waals surface area contributed by atoms with Gasteiger partial charge in [0.15, 0.2) is 0 Å². The maximum atomic E-state index is 11.5. The minimum atomic E-state index is -0.565. The lowest BCUT2D eigenvalue weighted by atomic mass is 9.91. The molecular formula is C34H38O10. The van der Waals surface area contributed by atoms with Gasteiger partial charge in [0.25, 0.3) is 0 Å². The van der Waals surface area contributed by atoms with Crippen LogP contribution in [0.15, 0.2) is 87.0 Å². The summed E-state index contributed by atoms with van der Waals surface area (Å²) in [5.41, 5.74) is 2.27. The predicted molar refractivity (Wildman–Crippen MR) is 162 cm³/mol. The number of hydrogen-bond acceptors (Lipinski definition) is 10. The molecule has 10 nitrogen and oxygen atoms in total. The fraction of sp³-hybridized carbons (Fsp3) is 0.294. The molecule has 0 aliphatic heterocycles. The van der Waals surface area contributed by atoms with Gasteiger partial charge in [0.05, 0.1) is 13.2 Å². The Bertz CT molecular complexity index is 1290. The quantitative estimate of drug-likeness (QED) is 0.115. The molecule has 44 heavy (non-hydrogen) atoms. The second kappa shape index (κ2) is 17.7. The van der Waals surface area contributed by atoms with E-state index >= 15 is 0 Å². The number of esters is 4. The van der Waals surface area contributed by atoms with E-state index in [1.807, 2.05) is 13.8 Å². The van der Waals surface area contributed by atoms with Crippen molar-refractivity contribution in [2.75, 3.05) is 13.2 Å². The summed E-state index contributed by atoms with van der Waals surface area (Å²) < 4.78 is 32.7. The molecule has 0 N–H and O–H groups in total. The average molecular weight is 607 g/mol. The Morgan fingerprint density at radius 3 is 1.20 bits per heavy atom. The fourth-order valence-electron chi connectivity index (χ4n) is 3.61. The monoisotopic (exact) mass is 606 g/mol. The zero-order valence-corrected chi connectivity index (χ0v) is 25.1. The third kappa shape index (κ3) is 13.2. The third-order valence-corrected chi connectivity index (χ3v) is 5.92. The van der Waals surface area contributed by atoms with Crippen LogP contribution < -0.4 is 9.47 Å². The van der Waals surface area contributed by atoms with Crippen molar-refractivity contribution in [3.05, 3.63) is 109 Å². The Balaban J connectivity index is 2.07. The van der Waals surface area contributed by atoms with Gasteiger partial charge in [-0.15, -0.1) is 0 Å². The molecule has 0 bridgehead atoms. The highest BCUT2D eigenvalue weighted by Gasteiger charge is 2.20. The van der Waals surface area contributed by atoms with Gasteiger partial charge in [-0.3, -0.25) is 0 Å². The van der Waals surface area contributed by atoms with Crippen molar-refractivity contribution < 1.29 is 47.6 Å². The molecular weight excluding hydrogens is 568 g/mol. The van der Waals surface area contributed by atoms with Crippen LogP contribution in [0, 0.1) is 5.41 Å². The minimum absolute atomic E-state index is 0.00950. The molecule has 2 rings (SSSR count). The van der Waals surface area contributed by atoms with E-state index < -0.39 is 23.9 Å². The number of carbonyl (C=O) groups is 4. The molecule has 234 valence electrons. The van der Waals surface area contributed by atoms with Crippen LogP contribution in [-0.2, 0) is 64.6 Å². The predicted octanol–water partition coefficient (Wildman–Crippen LogP) is 5.48. The van der Waals surface area contributed by atoms with Crippen LogP contribution in [0.5, 0.6) is 11.5 Å². The smallest absolute Gasteiger partial charge is 0.330 e. The van der Waals surface area contributed by atoms with Crippen molar-refractivity contribution in [2.24, 2.45) is 5.41 Å². The largest absolute Gasteiger partial charge is 0.494 e. The van der Waals surface area contributed by atoms with Crippen molar-refractivity contribution in [1.29, 1.82) is 0 Å². The summed E-state index contributed by atoms with van der Waals surface area (Å²) in [6.45, 7) is 18.2. The van der Waals surface area contributed by atoms with Crippen LogP contribution in [-0.4, -0.2) is 37.1 Å². The summed E-state index contributed by atoms with van der Waals surface area (Å²) in [4.78, 5) is 46.1. The molecule has 0 atom stereocenters. The van der Waals surface area contributed by atoms with Gasteiger partial charge in [0.1, 0.15) is 37.9 Å². The van der Waals surface area contributed by atoms with Crippen molar-refractivity contribution in [3.8, 4) is 11.5 Å². The van der Waals surface area contributed by atoms with E-state index in [-0.39, 0.29) is 31.8 Å². The molecule has 2 aromatic carbocycles. The van der Waals surface area contributed by atoms with Crippen molar-refractivity contribution in [2.45, 2.75) is 46.7 Å². The second-order valence-corrected chi connectivity index (χ2v) is 10.3. The third-order valence-electron chi connectivity index (χ3n) is 5.92. The van der Waals surface area contributed by atoms with E-state index in [9.17, 15) is 19.2 Å². The molecule has 0 saturated heterocycles. The lowest BCUT2D eigenvalue weighted by molar-refractivity contribution is -0.140. The van der Waals surface area contributed by atoms with E-state index in [0.717, 1.165) is 24.3 Å². The number of benzene rings is 2. The SMILES string of the molecule is C=CC(=O)OCc1cc(COC(=O)C=C)cc(OCCC(C)(C)COc2cc(COC(=O)C=C)cc(COC(=O)C=C)c2)c1. The summed E-state index contributed by atoms with van der Waals surface area (Å²) >= 11 is 0. The summed E-state index contributed by atoms with van der Waals surface area (Å²) in [7, 11) is 0. The zero-order chi connectivity index (χ0) is 32.5. The minimum Gasteiger partial charge on any atom is -0.494 e. The maximum Gasteiger partial charge on any atom is 0.330 e. The lowest BCUT2D eigenvalue weighted by Crippen LogP contribution is -2.24. The van der Waals surface area contributed by atoms with Crippen LogP contribution in [0.25, 0.3) is 0 Å². The first-order valence-corrected chi connectivity index (χ1v) is 13.6. The van der Waals surface area contributed by atoms with Crippen LogP contribution in [0.3, 0.4) is 0 Å². The zero-order valence-electron chi connectivity index (χ0n) is 25.1. The molecule has 0 heterocycles. The first kappa shape index (κ1) is 35.1. The highest BCUT2D eigenvalue weighted by Crippen LogP contribution is 2.26. The van der Waals surface area contributed by atoms with Crippen LogP contribution in [0.4, 0.5) is 0 Å². The topological polar surface area (TPSA) is 124 Å². The molecule has 0 aromatic heterocycles. The Hall–Kier alpha value is -5.12. The molecule has 0 unspecified atom stereocenters. The Morgan fingerprint density at radius 2 is 0.886 bits per heavy atom. The summed E-state index contributed by atoms with van der Waals surface area (Å²) in [5, 5.41) is 0. The van der Waals surface area contributed by atoms with Crippen LogP contribution in [0.1, 0.15) is 42.5 Å². The van der Waals surface area contributed by atoms with Gasteiger partial charge in [-0.25, -0.2) is 19.2 Å². The number of carbonyl (C=O) groups excluding carboxylic acids is 4. The molecule has 0 aliphatic rings. The van der Waals surface area contributed by atoms with Gasteiger partial charge >= 0.3 is 23.9 Å². The standard InChI is InChI=1S/C34H38O10/c1-7-30(35)40-19-24-13-25(20-41-31(36)8-2)16-28(15-24)39-12-11-34(5,6)23-44-29-17-26(21-42-32(37)9-3)14-27(18-29)22-43-33(38)10-4/h7-10,13-18H,1-4,11-12,19-23H2,5-6H3. The van der Waals surface area contributed by atoms with E-state index in [1.54, 1.807) is 36.4 Å². The van der Waals surface area contributed by atoms with Gasteiger partial charge < -0.3 is 28.4 Å². The normalized spacial score (nSPS) is 10.5. The molecule has 2 aromatic rings. The molecule has 0 saturated carbocycles. The van der Waals surface area contributed by atoms with E-state index in [4.69, 9.17) is 28.4 Å². The van der Waals surface area contributed by atoms with Gasteiger partial charge in [0.2, 0.25) is 0 Å². The van der Waals surface area contributed by atoms with Crippen molar-refractivity contribution >= 4 is 23.9 Å². The molecule has 0 amide bonds. The summed E-state index contributed by atoms with van der Waals surface area (Å²) in [6.07, 6.45) is 4.89. The molecule has 10 heteroatoms. The Labute approximate surface area is 257 Å². The molecule has 0 radical (unpaired) electrons.